The zero-order valence-electron chi connectivity index (χ0n) is 20.0. The summed E-state index contributed by atoms with van der Waals surface area (Å²) in [6, 6.07) is 14.1. The number of rotatable bonds is 7. The molecule has 0 radical (unpaired) electrons. The zero-order valence-corrected chi connectivity index (χ0v) is 22.4. The van der Waals surface area contributed by atoms with E-state index in [0.29, 0.717) is 0 Å². The van der Waals surface area contributed by atoms with E-state index in [0.717, 1.165) is 44.7 Å². The van der Waals surface area contributed by atoms with Crippen molar-refractivity contribution in [2.45, 2.75) is 32.3 Å². The van der Waals surface area contributed by atoms with Crippen LogP contribution in [-0.4, -0.2) is 31.4 Å². The first-order valence-corrected chi connectivity index (χ1v) is 14.0. The highest BCUT2D eigenvalue weighted by atomic mass is 32.2. The first kappa shape index (κ1) is 23.7. The van der Waals surface area contributed by atoms with Gasteiger partial charge in [0.15, 0.2) is 11.0 Å². The number of anilines is 1. The van der Waals surface area contributed by atoms with Gasteiger partial charge in [-0.25, -0.2) is 4.98 Å². The monoisotopic (exact) mass is 519 g/mol. The molecule has 0 atom stereocenters. The van der Waals surface area contributed by atoms with Crippen molar-refractivity contribution >= 4 is 56.2 Å². The summed E-state index contributed by atoms with van der Waals surface area (Å²) in [7, 11) is 1.95. The number of carbonyl (C=O) groups is 1. The molecule has 178 valence electrons. The molecule has 0 saturated carbocycles. The fourth-order valence-corrected chi connectivity index (χ4v) is 6.68. The second kappa shape index (κ2) is 9.93. The van der Waals surface area contributed by atoms with Crippen LogP contribution in [0.25, 0.3) is 32.2 Å². The van der Waals surface area contributed by atoms with Gasteiger partial charge in [0, 0.05) is 34.1 Å². The minimum Gasteiger partial charge on any atom is -0.325 e. The fraction of sp³-hybridized carbons (Fsp3) is 0.231. The van der Waals surface area contributed by atoms with Crippen LogP contribution in [0.2, 0.25) is 0 Å². The lowest BCUT2D eigenvalue weighted by Crippen LogP contribution is -2.14. The van der Waals surface area contributed by atoms with Crippen molar-refractivity contribution in [3.8, 4) is 22.0 Å². The minimum atomic E-state index is -0.0802. The Balaban J connectivity index is 1.22. The van der Waals surface area contributed by atoms with Crippen LogP contribution in [-0.2, 0) is 18.3 Å². The minimum absolute atomic E-state index is 0.0802. The van der Waals surface area contributed by atoms with Crippen LogP contribution in [0.5, 0.6) is 0 Å². The van der Waals surface area contributed by atoms with Gasteiger partial charge in [-0.1, -0.05) is 24.8 Å². The number of thiophene rings is 1. The highest BCUT2D eigenvalue weighted by Crippen LogP contribution is 2.33. The number of nitrogens with zero attached hydrogens (tertiary/aromatic N) is 4. The Kier molecular flexibility index (Phi) is 6.73. The first-order chi connectivity index (χ1) is 16.9. The van der Waals surface area contributed by atoms with E-state index < -0.39 is 0 Å². The number of aromatic nitrogens is 4. The van der Waals surface area contributed by atoms with Crippen molar-refractivity contribution in [2.24, 2.45) is 7.05 Å². The molecule has 1 amide bonds. The number of fused-ring (bicyclic) bond motifs is 1. The average molecular weight is 520 g/mol. The Morgan fingerprint density at radius 1 is 1.11 bits per heavy atom. The Morgan fingerprint density at radius 2 is 1.91 bits per heavy atom. The maximum Gasteiger partial charge on any atom is 0.234 e. The van der Waals surface area contributed by atoms with Gasteiger partial charge in [0.2, 0.25) is 5.91 Å². The maximum absolute atomic E-state index is 12.6. The third-order valence-corrected chi connectivity index (χ3v) is 8.87. The molecule has 0 aliphatic heterocycles. The van der Waals surface area contributed by atoms with Crippen molar-refractivity contribution in [1.29, 1.82) is 0 Å². The van der Waals surface area contributed by atoms with Gasteiger partial charge < -0.3 is 9.88 Å². The lowest BCUT2D eigenvalue weighted by atomic mass is 10.1. The average Bonchev–Trinajstić information content (AvgIpc) is 3.54. The van der Waals surface area contributed by atoms with Crippen molar-refractivity contribution in [1.82, 2.24) is 19.7 Å². The highest BCUT2D eigenvalue weighted by molar-refractivity contribution is 7.99. The molecule has 0 bridgehead atoms. The third kappa shape index (κ3) is 4.89. The van der Waals surface area contributed by atoms with E-state index in [2.05, 4.69) is 59.9 Å². The number of amides is 1. The molecule has 2 aromatic carbocycles. The molecular formula is C26H25N5OS3. The summed E-state index contributed by atoms with van der Waals surface area (Å²) in [5, 5.41) is 15.5. The fourth-order valence-electron chi connectivity index (χ4n) is 3.96. The van der Waals surface area contributed by atoms with E-state index in [1.807, 2.05) is 35.9 Å². The Hall–Kier alpha value is -3.01. The molecule has 0 spiro atoms. The van der Waals surface area contributed by atoms with Crippen LogP contribution in [0.15, 0.2) is 53.0 Å². The number of hydrogen-bond acceptors (Lipinski definition) is 7. The van der Waals surface area contributed by atoms with Crippen LogP contribution in [0.4, 0.5) is 5.69 Å². The molecule has 0 fully saturated rings. The zero-order chi connectivity index (χ0) is 24.5. The normalized spacial score (nSPS) is 11.3. The predicted molar refractivity (Wildman–Crippen MR) is 148 cm³/mol. The molecule has 3 heterocycles. The quantitative estimate of drug-likeness (QED) is 0.241. The van der Waals surface area contributed by atoms with Crippen LogP contribution in [0.3, 0.4) is 0 Å². The van der Waals surface area contributed by atoms with Crippen molar-refractivity contribution in [3.63, 3.8) is 0 Å². The number of aryl methyl sites for hydroxylation is 2. The van der Waals surface area contributed by atoms with Gasteiger partial charge in [-0.2, -0.15) is 0 Å². The van der Waals surface area contributed by atoms with E-state index in [1.165, 1.54) is 32.5 Å². The summed E-state index contributed by atoms with van der Waals surface area (Å²) < 4.78 is 3.15. The number of thioether (sulfide) groups is 1. The molecule has 0 unspecified atom stereocenters. The van der Waals surface area contributed by atoms with E-state index >= 15 is 0 Å². The van der Waals surface area contributed by atoms with Crippen molar-refractivity contribution < 1.29 is 4.79 Å². The molecule has 35 heavy (non-hydrogen) atoms. The summed E-state index contributed by atoms with van der Waals surface area (Å²) in [4.78, 5) is 18.6. The predicted octanol–water partition coefficient (Wildman–Crippen LogP) is 6.73. The van der Waals surface area contributed by atoms with Gasteiger partial charge in [-0.15, -0.1) is 32.9 Å². The summed E-state index contributed by atoms with van der Waals surface area (Å²) in [5.74, 6) is 1.02. The molecule has 3 aromatic heterocycles. The summed E-state index contributed by atoms with van der Waals surface area (Å²) in [6.07, 6.45) is 0.958. The Bertz CT molecular complexity index is 1510. The smallest absolute Gasteiger partial charge is 0.234 e. The highest BCUT2D eigenvalue weighted by Gasteiger charge is 2.17. The van der Waals surface area contributed by atoms with E-state index in [9.17, 15) is 4.79 Å². The Labute approximate surface area is 216 Å². The maximum atomic E-state index is 12.6. The lowest BCUT2D eigenvalue weighted by molar-refractivity contribution is -0.113. The molecular weight excluding hydrogens is 495 g/mol. The number of carbonyl (C=O) groups excluding carboxylic acids is 1. The van der Waals surface area contributed by atoms with Crippen LogP contribution in [0, 0.1) is 13.8 Å². The third-order valence-electron chi connectivity index (χ3n) is 5.82. The van der Waals surface area contributed by atoms with Crippen LogP contribution in [0.1, 0.15) is 22.9 Å². The van der Waals surface area contributed by atoms with Gasteiger partial charge >= 0.3 is 0 Å². The number of thiazole rings is 1. The number of benzene rings is 2. The molecule has 5 aromatic rings. The summed E-state index contributed by atoms with van der Waals surface area (Å²) in [6.45, 7) is 6.38. The van der Waals surface area contributed by atoms with Gasteiger partial charge in [0.1, 0.15) is 5.01 Å². The van der Waals surface area contributed by atoms with Crippen LogP contribution >= 0.6 is 34.4 Å². The van der Waals surface area contributed by atoms with Crippen molar-refractivity contribution in [2.75, 3.05) is 11.1 Å². The number of nitrogens with one attached hydrogen (secondary N) is 1. The Morgan fingerprint density at radius 3 is 2.69 bits per heavy atom. The topological polar surface area (TPSA) is 72.7 Å². The summed E-state index contributed by atoms with van der Waals surface area (Å²) >= 11 is 4.80. The second-order valence-electron chi connectivity index (χ2n) is 8.31. The molecule has 0 aliphatic rings. The van der Waals surface area contributed by atoms with Gasteiger partial charge in [0.25, 0.3) is 0 Å². The van der Waals surface area contributed by atoms with E-state index in [4.69, 9.17) is 4.98 Å². The molecule has 5 rings (SSSR count). The summed E-state index contributed by atoms with van der Waals surface area (Å²) in [5.41, 5.74) is 6.48. The van der Waals surface area contributed by atoms with Gasteiger partial charge in [-0.05, 0) is 67.8 Å². The molecule has 9 heteroatoms. The second-order valence-corrected chi connectivity index (χ2v) is 11.4. The van der Waals surface area contributed by atoms with E-state index in [1.54, 1.807) is 22.7 Å². The first-order valence-electron chi connectivity index (χ1n) is 11.3. The standard InChI is InChI=1S/C26H25N5OS3/c1-5-19-16(3)33-13-20(19)24-29-30-26(31(24)4)34-14-23(32)27-18-9-7-17(8-10-18)25-28-21-11-6-15(2)12-22(21)35-25/h6-13H,5,14H2,1-4H3,(H,27,32). The van der Waals surface area contributed by atoms with Gasteiger partial charge in [-0.3, -0.25) is 4.79 Å². The molecule has 1 N–H and O–H groups in total. The van der Waals surface area contributed by atoms with E-state index in [-0.39, 0.29) is 11.7 Å². The van der Waals surface area contributed by atoms with Crippen LogP contribution < -0.4 is 5.32 Å². The molecule has 0 aliphatic carbocycles. The van der Waals surface area contributed by atoms with Gasteiger partial charge in [0.05, 0.1) is 16.0 Å². The molecule has 6 nitrogen and oxygen atoms in total. The SMILES string of the molecule is CCc1c(-c2nnc(SCC(=O)Nc3ccc(-c4nc5ccc(C)cc5s4)cc3)n2C)csc1C. The number of hydrogen-bond donors (Lipinski definition) is 1. The van der Waals surface area contributed by atoms with Crippen molar-refractivity contribution in [3.05, 3.63) is 63.8 Å². The largest absolute Gasteiger partial charge is 0.325 e. The lowest BCUT2D eigenvalue weighted by Gasteiger charge is -2.07. The molecule has 0 saturated heterocycles.